The van der Waals surface area contributed by atoms with E-state index in [1.165, 1.54) is 0 Å². The molecule has 18 heavy (non-hydrogen) atoms. The topological polar surface area (TPSA) is 29.5 Å². The molecule has 0 heterocycles. The van der Waals surface area contributed by atoms with Crippen LogP contribution in [-0.2, 0) is 0 Å². The number of benzene rings is 1. The van der Waals surface area contributed by atoms with Crippen molar-refractivity contribution in [3.63, 3.8) is 0 Å². The van der Waals surface area contributed by atoms with Crippen LogP contribution in [0.25, 0.3) is 0 Å². The molecule has 0 unspecified atom stereocenters. The van der Waals surface area contributed by atoms with Crippen LogP contribution in [0.4, 0.5) is 0 Å². The third kappa shape index (κ3) is 5.25. The molecule has 2 nitrogen and oxygen atoms in total. The van der Waals surface area contributed by atoms with Crippen molar-refractivity contribution in [1.29, 1.82) is 0 Å². The molecule has 0 amide bonds. The molecule has 1 rings (SSSR count). The Morgan fingerprint density at radius 2 is 2.11 bits per heavy atom. The highest BCUT2D eigenvalue weighted by Gasteiger charge is 2.01. The smallest absolute Gasteiger partial charge is 0.122 e. The molecule has 1 aromatic carbocycles. The summed E-state index contributed by atoms with van der Waals surface area (Å²) in [4.78, 5) is 0. The molecule has 0 aliphatic rings. The van der Waals surface area contributed by atoms with Crippen LogP contribution in [0.3, 0.4) is 0 Å². The number of aryl methyl sites for hydroxylation is 1. The van der Waals surface area contributed by atoms with E-state index < -0.39 is 0 Å². The van der Waals surface area contributed by atoms with Gasteiger partial charge in [0.05, 0.1) is 13.2 Å². The minimum Gasteiger partial charge on any atom is -0.493 e. The molecule has 0 fully saturated rings. The van der Waals surface area contributed by atoms with Gasteiger partial charge in [0, 0.05) is 12.0 Å². The number of hydrogen-bond acceptors (Lipinski definition) is 2. The average Bonchev–Trinajstić information content (AvgIpc) is 2.32. The number of hydrogen-bond donors (Lipinski definition) is 1. The molecule has 0 radical (unpaired) electrons. The van der Waals surface area contributed by atoms with E-state index >= 15 is 0 Å². The average molecular weight is 246 g/mol. The van der Waals surface area contributed by atoms with Crippen molar-refractivity contribution in [3.8, 4) is 17.6 Å². The summed E-state index contributed by atoms with van der Waals surface area (Å²) < 4.78 is 5.74. The first-order chi connectivity index (χ1) is 8.63. The fraction of sp³-hybridized carbons (Fsp3) is 0.500. The van der Waals surface area contributed by atoms with Gasteiger partial charge in [0.1, 0.15) is 5.75 Å². The summed E-state index contributed by atoms with van der Waals surface area (Å²) in [7, 11) is 0. The molecule has 98 valence electrons. The summed E-state index contributed by atoms with van der Waals surface area (Å²) in [5.41, 5.74) is 2.08. The Morgan fingerprint density at radius 1 is 1.33 bits per heavy atom. The van der Waals surface area contributed by atoms with Gasteiger partial charge in [-0.15, -0.1) is 0 Å². The maximum absolute atomic E-state index is 8.66. The molecule has 0 aromatic heterocycles. The lowest BCUT2D eigenvalue weighted by atomic mass is 10.1. The number of ether oxygens (including phenoxy) is 1. The normalized spacial score (nSPS) is 10.1. The SMILES string of the molecule is Cc1cc(C#CCCO)ccc1OCCC(C)C. The van der Waals surface area contributed by atoms with Crippen molar-refractivity contribution < 1.29 is 9.84 Å². The quantitative estimate of drug-likeness (QED) is 0.809. The van der Waals surface area contributed by atoms with Crippen LogP contribution in [0.1, 0.15) is 37.8 Å². The van der Waals surface area contributed by atoms with Crippen molar-refractivity contribution in [2.75, 3.05) is 13.2 Å². The van der Waals surface area contributed by atoms with E-state index in [-0.39, 0.29) is 6.61 Å². The van der Waals surface area contributed by atoms with Gasteiger partial charge in [-0.3, -0.25) is 0 Å². The van der Waals surface area contributed by atoms with E-state index in [4.69, 9.17) is 9.84 Å². The molecule has 2 heteroatoms. The van der Waals surface area contributed by atoms with Crippen LogP contribution in [0, 0.1) is 24.7 Å². The van der Waals surface area contributed by atoms with Crippen molar-refractivity contribution in [1.82, 2.24) is 0 Å². The first-order valence-electron chi connectivity index (χ1n) is 6.46. The first-order valence-corrected chi connectivity index (χ1v) is 6.46. The number of aliphatic hydroxyl groups is 1. The van der Waals surface area contributed by atoms with E-state index in [2.05, 4.69) is 25.7 Å². The maximum Gasteiger partial charge on any atom is 0.122 e. The van der Waals surface area contributed by atoms with E-state index in [1.54, 1.807) is 0 Å². The Labute approximate surface area is 110 Å². The van der Waals surface area contributed by atoms with Gasteiger partial charge in [0.25, 0.3) is 0 Å². The number of rotatable bonds is 5. The maximum atomic E-state index is 8.66. The third-order valence-electron chi connectivity index (χ3n) is 2.60. The van der Waals surface area contributed by atoms with Crippen LogP contribution in [-0.4, -0.2) is 18.3 Å². The predicted octanol–water partition coefficient (Wildman–Crippen LogP) is 3.15. The molecule has 0 aliphatic carbocycles. The van der Waals surface area contributed by atoms with Gasteiger partial charge in [-0.1, -0.05) is 25.7 Å². The zero-order chi connectivity index (χ0) is 13.4. The molecular weight excluding hydrogens is 224 g/mol. The van der Waals surface area contributed by atoms with Crippen molar-refractivity contribution >= 4 is 0 Å². The summed E-state index contributed by atoms with van der Waals surface area (Å²) in [5.74, 6) is 7.53. The minimum atomic E-state index is 0.113. The highest BCUT2D eigenvalue weighted by Crippen LogP contribution is 2.19. The van der Waals surface area contributed by atoms with E-state index in [1.807, 2.05) is 25.1 Å². The van der Waals surface area contributed by atoms with Gasteiger partial charge in [0.2, 0.25) is 0 Å². The second kappa shape index (κ2) is 7.79. The predicted molar refractivity (Wildman–Crippen MR) is 74.7 cm³/mol. The van der Waals surface area contributed by atoms with E-state index in [9.17, 15) is 0 Å². The zero-order valence-corrected chi connectivity index (χ0v) is 11.5. The largest absolute Gasteiger partial charge is 0.493 e. The van der Waals surface area contributed by atoms with Gasteiger partial charge in [-0.05, 0) is 43.0 Å². The summed E-state index contributed by atoms with van der Waals surface area (Å²) >= 11 is 0. The number of aliphatic hydroxyl groups excluding tert-OH is 1. The Bertz CT molecular complexity index is 424. The van der Waals surface area contributed by atoms with Crippen LogP contribution >= 0.6 is 0 Å². The summed E-state index contributed by atoms with van der Waals surface area (Å²) in [6.45, 7) is 7.28. The van der Waals surface area contributed by atoms with Crippen molar-refractivity contribution in [2.24, 2.45) is 5.92 Å². The van der Waals surface area contributed by atoms with Gasteiger partial charge in [0.15, 0.2) is 0 Å². The van der Waals surface area contributed by atoms with Crippen LogP contribution in [0.2, 0.25) is 0 Å². The molecule has 0 atom stereocenters. The lowest BCUT2D eigenvalue weighted by molar-refractivity contribution is 0.288. The van der Waals surface area contributed by atoms with E-state index in [0.717, 1.165) is 29.9 Å². The lowest BCUT2D eigenvalue weighted by Crippen LogP contribution is -2.02. The van der Waals surface area contributed by atoms with Crippen LogP contribution in [0.15, 0.2) is 18.2 Å². The first kappa shape index (κ1) is 14.6. The summed E-state index contributed by atoms with van der Waals surface area (Å²) in [6.07, 6.45) is 1.59. The second-order valence-corrected chi connectivity index (χ2v) is 4.79. The molecular formula is C16H22O2. The summed E-state index contributed by atoms with van der Waals surface area (Å²) in [5, 5.41) is 8.66. The van der Waals surface area contributed by atoms with Gasteiger partial charge >= 0.3 is 0 Å². The monoisotopic (exact) mass is 246 g/mol. The second-order valence-electron chi connectivity index (χ2n) is 4.79. The molecule has 1 N–H and O–H groups in total. The van der Waals surface area contributed by atoms with Crippen molar-refractivity contribution in [2.45, 2.75) is 33.6 Å². The lowest BCUT2D eigenvalue weighted by Gasteiger charge is -2.10. The van der Waals surface area contributed by atoms with E-state index in [0.29, 0.717) is 12.3 Å². The highest BCUT2D eigenvalue weighted by atomic mass is 16.5. The standard InChI is InChI=1S/C16H22O2/c1-13(2)9-11-18-16-8-7-15(12-14(16)3)6-4-5-10-17/h7-8,12-13,17H,5,9-11H2,1-3H3. The Hall–Kier alpha value is -1.46. The Balaban J connectivity index is 2.60. The molecule has 0 saturated carbocycles. The molecule has 0 bridgehead atoms. The van der Waals surface area contributed by atoms with Crippen molar-refractivity contribution in [3.05, 3.63) is 29.3 Å². The fourth-order valence-corrected chi connectivity index (χ4v) is 1.51. The zero-order valence-electron chi connectivity index (χ0n) is 11.5. The van der Waals surface area contributed by atoms with Gasteiger partial charge < -0.3 is 9.84 Å². The molecule has 0 aliphatic heterocycles. The summed E-state index contributed by atoms with van der Waals surface area (Å²) in [6, 6.07) is 5.95. The highest BCUT2D eigenvalue weighted by molar-refractivity contribution is 5.43. The van der Waals surface area contributed by atoms with Gasteiger partial charge in [-0.25, -0.2) is 0 Å². The molecule has 0 saturated heterocycles. The van der Waals surface area contributed by atoms with Gasteiger partial charge in [-0.2, -0.15) is 0 Å². The van der Waals surface area contributed by atoms with Crippen LogP contribution in [0.5, 0.6) is 5.75 Å². The molecule has 1 aromatic rings. The van der Waals surface area contributed by atoms with Crippen LogP contribution < -0.4 is 4.74 Å². The molecule has 0 spiro atoms. The minimum absolute atomic E-state index is 0.113. The Morgan fingerprint density at radius 3 is 2.72 bits per heavy atom. The fourth-order valence-electron chi connectivity index (χ4n) is 1.51. The Kier molecular flexibility index (Phi) is 6.32. The third-order valence-corrected chi connectivity index (χ3v) is 2.60.